The molecule has 0 aliphatic carbocycles. The SMILES string of the molecule is C=CCOCC(NC(=O)C(C)(C)Oc1ccc(F)cc1)C(=O)O. The highest BCUT2D eigenvalue weighted by atomic mass is 19.1. The zero-order valence-electron chi connectivity index (χ0n) is 13.0. The molecule has 2 N–H and O–H groups in total. The van der Waals surface area contributed by atoms with Crippen molar-refractivity contribution in [2.45, 2.75) is 25.5 Å². The van der Waals surface area contributed by atoms with E-state index in [1.54, 1.807) is 0 Å². The molecule has 1 aromatic carbocycles. The Morgan fingerprint density at radius 3 is 2.52 bits per heavy atom. The zero-order valence-corrected chi connectivity index (χ0v) is 13.0. The molecular formula is C16H20FNO5. The highest BCUT2D eigenvalue weighted by Crippen LogP contribution is 2.19. The summed E-state index contributed by atoms with van der Waals surface area (Å²) in [6.45, 7) is 6.39. The summed E-state index contributed by atoms with van der Waals surface area (Å²) in [5, 5.41) is 11.5. The standard InChI is InChI=1S/C16H20FNO5/c1-4-9-22-10-13(14(19)20)18-15(21)16(2,3)23-12-7-5-11(17)6-8-12/h4-8,13H,1,9-10H2,2-3H3,(H,18,21)(H,19,20). The largest absolute Gasteiger partial charge is 0.480 e. The lowest BCUT2D eigenvalue weighted by molar-refractivity contribution is -0.146. The van der Waals surface area contributed by atoms with E-state index < -0.39 is 29.3 Å². The van der Waals surface area contributed by atoms with Crippen LogP contribution in [0.1, 0.15) is 13.8 Å². The molecule has 7 heteroatoms. The normalized spacial score (nSPS) is 12.3. The van der Waals surface area contributed by atoms with Crippen LogP contribution < -0.4 is 10.1 Å². The third kappa shape index (κ3) is 6.07. The van der Waals surface area contributed by atoms with Crippen LogP contribution in [0, 0.1) is 5.82 Å². The van der Waals surface area contributed by atoms with Crippen LogP contribution >= 0.6 is 0 Å². The van der Waals surface area contributed by atoms with Gasteiger partial charge in [-0.25, -0.2) is 9.18 Å². The number of hydrogen-bond donors (Lipinski definition) is 2. The summed E-state index contributed by atoms with van der Waals surface area (Å²) in [6, 6.07) is 3.95. The van der Waals surface area contributed by atoms with Crippen LogP contribution in [-0.2, 0) is 14.3 Å². The lowest BCUT2D eigenvalue weighted by atomic mass is 10.1. The first-order valence-electron chi connectivity index (χ1n) is 6.93. The lowest BCUT2D eigenvalue weighted by Crippen LogP contribution is -2.53. The Hall–Kier alpha value is -2.41. The second-order valence-electron chi connectivity index (χ2n) is 5.26. The summed E-state index contributed by atoms with van der Waals surface area (Å²) in [5.74, 6) is -1.98. The van der Waals surface area contributed by atoms with Crippen molar-refractivity contribution in [1.29, 1.82) is 0 Å². The van der Waals surface area contributed by atoms with E-state index in [4.69, 9.17) is 14.6 Å². The second-order valence-corrected chi connectivity index (χ2v) is 5.26. The van der Waals surface area contributed by atoms with Gasteiger partial charge in [0.25, 0.3) is 5.91 Å². The highest BCUT2D eigenvalue weighted by molar-refractivity contribution is 5.89. The average Bonchev–Trinajstić information content (AvgIpc) is 2.48. The molecule has 1 rings (SSSR count). The van der Waals surface area contributed by atoms with Gasteiger partial charge in [0.15, 0.2) is 11.6 Å². The molecule has 23 heavy (non-hydrogen) atoms. The summed E-state index contributed by atoms with van der Waals surface area (Å²) in [4.78, 5) is 23.4. The van der Waals surface area contributed by atoms with E-state index in [-0.39, 0.29) is 13.2 Å². The monoisotopic (exact) mass is 325 g/mol. The van der Waals surface area contributed by atoms with Crippen molar-refractivity contribution in [2.75, 3.05) is 13.2 Å². The first kappa shape index (κ1) is 18.6. The Morgan fingerprint density at radius 2 is 2.00 bits per heavy atom. The van der Waals surface area contributed by atoms with Crippen molar-refractivity contribution in [3.05, 3.63) is 42.7 Å². The summed E-state index contributed by atoms with van der Waals surface area (Å²) in [5.41, 5.74) is -1.34. The number of halogens is 1. The Labute approximate surface area is 133 Å². The molecule has 0 aliphatic heterocycles. The van der Waals surface area contributed by atoms with Crippen molar-refractivity contribution in [1.82, 2.24) is 5.32 Å². The van der Waals surface area contributed by atoms with Gasteiger partial charge in [-0.05, 0) is 38.1 Å². The minimum atomic E-state index is -1.34. The minimum absolute atomic E-state index is 0.176. The molecule has 1 amide bonds. The van der Waals surface area contributed by atoms with Gasteiger partial charge >= 0.3 is 5.97 Å². The molecule has 1 atom stereocenters. The van der Waals surface area contributed by atoms with Gasteiger partial charge in [0.05, 0.1) is 13.2 Å². The smallest absolute Gasteiger partial charge is 0.328 e. The maximum atomic E-state index is 12.9. The molecule has 0 spiro atoms. The van der Waals surface area contributed by atoms with E-state index in [0.29, 0.717) is 5.75 Å². The fraction of sp³-hybridized carbons (Fsp3) is 0.375. The number of carbonyl (C=O) groups is 2. The number of benzene rings is 1. The van der Waals surface area contributed by atoms with E-state index in [1.807, 2.05) is 0 Å². The second kappa shape index (κ2) is 8.28. The number of carboxylic acids is 1. The Kier molecular flexibility index (Phi) is 6.71. The summed E-state index contributed by atoms with van der Waals surface area (Å²) < 4.78 is 23.4. The molecule has 1 aromatic rings. The number of aliphatic carboxylic acids is 1. The van der Waals surface area contributed by atoms with Gasteiger partial charge in [0.1, 0.15) is 11.6 Å². The number of carbonyl (C=O) groups excluding carboxylic acids is 1. The van der Waals surface area contributed by atoms with Gasteiger partial charge in [0.2, 0.25) is 0 Å². The molecule has 0 bridgehead atoms. The number of rotatable bonds is 9. The fourth-order valence-corrected chi connectivity index (χ4v) is 1.62. The quantitative estimate of drug-likeness (QED) is 0.534. The predicted octanol–water partition coefficient (Wildman–Crippen LogP) is 1.76. The molecule has 0 radical (unpaired) electrons. The van der Waals surface area contributed by atoms with E-state index in [2.05, 4.69) is 11.9 Å². The van der Waals surface area contributed by atoms with Gasteiger partial charge in [0, 0.05) is 0 Å². The zero-order chi connectivity index (χ0) is 17.5. The van der Waals surface area contributed by atoms with E-state index in [1.165, 1.54) is 44.2 Å². The third-order valence-corrected chi connectivity index (χ3v) is 2.86. The molecule has 0 heterocycles. The van der Waals surface area contributed by atoms with Crippen LogP contribution in [0.2, 0.25) is 0 Å². The maximum Gasteiger partial charge on any atom is 0.328 e. The first-order chi connectivity index (χ1) is 10.8. The molecular weight excluding hydrogens is 305 g/mol. The maximum absolute atomic E-state index is 12.9. The molecule has 6 nitrogen and oxygen atoms in total. The van der Waals surface area contributed by atoms with Gasteiger partial charge in [-0.1, -0.05) is 6.08 Å². The number of amides is 1. The summed E-state index contributed by atoms with van der Waals surface area (Å²) in [7, 11) is 0. The third-order valence-electron chi connectivity index (χ3n) is 2.86. The van der Waals surface area contributed by atoms with Crippen LogP contribution in [0.5, 0.6) is 5.75 Å². The molecule has 0 saturated heterocycles. The Balaban J connectivity index is 2.69. The molecule has 0 saturated carbocycles. The number of hydrogen-bond acceptors (Lipinski definition) is 4. The lowest BCUT2D eigenvalue weighted by Gasteiger charge is -2.27. The first-order valence-corrected chi connectivity index (χ1v) is 6.93. The molecule has 0 fully saturated rings. The van der Waals surface area contributed by atoms with Crippen molar-refractivity contribution >= 4 is 11.9 Å². The Bertz CT molecular complexity index is 556. The van der Waals surface area contributed by atoms with E-state index in [9.17, 15) is 14.0 Å². The van der Waals surface area contributed by atoms with Crippen LogP contribution in [-0.4, -0.2) is 41.8 Å². The molecule has 0 aromatic heterocycles. The van der Waals surface area contributed by atoms with E-state index in [0.717, 1.165) is 0 Å². The topological polar surface area (TPSA) is 84.9 Å². The number of ether oxygens (including phenoxy) is 2. The van der Waals surface area contributed by atoms with Crippen molar-refractivity contribution in [2.24, 2.45) is 0 Å². The summed E-state index contributed by atoms with van der Waals surface area (Å²) in [6.07, 6.45) is 1.47. The van der Waals surface area contributed by atoms with Crippen molar-refractivity contribution < 1.29 is 28.6 Å². The predicted molar refractivity (Wildman–Crippen MR) is 81.7 cm³/mol. The van der Waals surface area contributed by atoms with Crippen LogP contribution in [0.15, 0.2) is 36.9 Å². The Morgan fingerprint density at radius 1 is 1.39 bits per heavy atom. The van der Waals surface area contributed by atoms with Crippen LogP contribution in [0.3, 0.4) is 0 Å². The summed E-state index contributed by atoms with van der Waals surface area (Å²) >= 11 is 0. The van der Waals surface area contributed by atoms with Gasteiger partial charge in [-0.2, -0.15) is 0 Å². The highest BCUT2D eigenvalue weighted by Gasteiger charge is 2.33. The average molecular weight is 325 g/mol. The number of nitrogens with one attached hydrogen (secondary N) is 1. The van der Waals surface area contributed by atoms with E-state index >= 15 is 0 Å². The minimum Gasteiger partial charge on any atom is -0.480 e. The van der Waals surface area contributed by atoms with Crippen LogP contribution in [0.4, 0.5) is 4.39 Å². The van der Waals surface area contributed by atoms with Crippen molar-refractivity contribution in [3.8, 4) is 5.75 Å². The van der Waals surface area contributed by atoms with Gasteiger partial charge in [-0.15, -0.1) is 6.58 Å². The molecule has 0 aliphatic rings. The van der Waals surface area contributed by atoms with Crippen molar-refractivity contribution in [3.63, 3.8) is 0 Å². The fourth-order valence-electron chi connectivity index (χ4n) is 1.62. The van der Waals surface area contributed by atoms with Crippen LogP contribution in [0.25, 0.3) is 0 Å². The van der Waals surface area contributed by atoms with Gasteiger partial charge < -0.3 is 19.9 Å². The molecule has 126 valence electrons. The van der Waals surface area contributed by atoms with Gasteiger partial charge in [-0.3, -0.25) is 4.79 Å². The number of carboxylic acid groups (broad SMARTS) is 1. The molecule has 1 unspecified atom stereocenters.